The first kappa shape index (κ1) is 18.1. The Bertz CT molecular complexity index is 825. The number of nitrogens with two attached hydrogens (primary N) is 1. The van der Waals surface area contributed by atoms with Crippen LogP contribution in [0.15, 0.2) is 42.5 Å². The number of para-hydroxylation sites is 1. The van der Waals surface area contributed by atoms with Crippen LogP contribution in [0.4, 0.5) is 5.69 Å². The number of benzene rings is 1. The van der Waals surface area contributed by atoms with Crippen molar-refractivity contribution in [3.63, 3.8) is 0 Å². The number of allylic oxidation sites excluding steroid dienone is 2. The molecule has 2 atom stereocenters. The number of hydrogen-bond donors (Lipinski definition) is 1. The average Bonchev–Trinajstić information content (AvgIpc) is 2.83. The van der Waals surface area contributed by atoms with Crippen LogP contribution in [-0.4, -0.2) is 17.7 Å². The van der Waals surface area contributed by atoms with Crippen molar-refractivity contribution in [3.05, 3.63) is 53.6 Å². The summed E-state index contributed by atoms with van der Waals surface area (Å²) in [5.74, 6) is -2.42. The molecule has 1 aliphatic heterocycles. The highest BCUT2D eigenvalue weighted by molar-refractivity contribution is 6.32. The van der Waals surface area contributed by atoms with Crippen molar-refractivity contribution in [2.45, 2.75) is 39.5 Å². The summed E-state index contributed by atoms with van der Waals surface area (Å²) >= 11 is 0. The molecule has 3 rings (SSSR count). The van der Waals surface area contributed by atoms with Crippen LogP contribution in [0.1, 0.15) is 50.7 Å². The van der Waals surface area contributed by atoms with Crippen LogP contribution in [0.3, 0.4) is 0 Å². The number of imide groups is 1. The summed E-state index contributed by atoms with van der Waals surface area (Å²) in [6.45, 7) is 8.07. The first-order valence-electron chi connectivity index (χ1n) is 8.90. The summed E-state index contributed by atoms with van der Waals surface area (Å²) in [4.78, 5) is 40.1. The molecule has 1 aromatic carbocycles. The fourth-order valence-corrected chi connectivity index (χ4v) is 3.87. The fourth-order valence-electron chi connectivity index (χ4n) is 3.87. The van der Waals surface area contributed by atoms with Gasteiger partial charge in [-0.25, -0.2) is 4.90 Å². The van der Waals surface area contributed by atoms with Crippen LogP contribution in [0, 0.1) is 11.3 Å². The van der Waals surface area contributed by atoms with Crippen molar-refractivity contribution < 1.29 is 14.4 Å². The Morgan fingerprint density at radius 2 is 1.65 bits per heavy atom. The van der Waals surface area contributed by atoms with E-state index in [0.717, 1.165) is 11.1 Å². The topological polar surface area (TPSA) is 80.5 Å². The minimum Gasteiger partial charge on any atom is -0.368 e. The monoisotopic (exact) mass is 352 g/mol. The molecule has 1 aliphatic carbocycles. The van der Waals surface area contributed by atoms with Gasteiger partial charge in [-0.3, -0.25) is 14.4 Å². The molecule has 0 aromatic heterocycles. The summed E-state index contributed by atoms with van der Waals surface area (Å²) in [6.07, 6.45) is 6.34. The minimum absolute atomic E-state index is 0.113. The summed E-state index contributed by atoms with van der Waals surface area (Å²) in [5, 5.41) is 0. The molecule has 1 aromatic rings. The Kier molecular flexibility index (Phi) is 4.34. The molecule has 1 saturated heterocycles. The number of carbonyl (C=O) groups excluding carboxylic acids is 3. The van der Waals surface area contributed by atoms with E-state index in [1.807, 2.05) is 45.9 Å². The van der Waals surface area contributed by atoms with E-state index in [4.69, 9.17) is 5.73 Å². The number of amides is 3. The van der Waals surface area contributed by atoms with Crippen molar-refractivity contribution in [2.24, 2.45) is 17.1 Å². The van der Waals surface area contributed by atoms with Gasteiger partial charge in [0.15, 0.2) is 5.41 Å². The molecule has 1 fully saturated rings. The highest BCUT2D eigenvalue weighted by Gasteiger charge is 2.62. The molecule has 0 saturated carbocycles. The van der Waals surface area contributed by atoms with E-state index in [-0.39, 0.29) is 11.8 Å². The molecule has 2 N–H and O–H groups in total. The van der Waals surface area contributed by atoms with Crippen LogP contribution in [0.2, 0.25) is 0 Å². The number of carbonyl (C=O) groups is 3. The average molecular weight is 352 g/mol. The van der Waals surface area contributed by atoms with Crippen molar-refractivity contribution in [3.8, 4) is 0 Å². The number of nitrogens with zero attached hydrogens (tertiary/aromatic N) is 1. The Balaban J connectivity index is 2.28. The molecule has 5 nitrogen and oxygen atoms in total. The standard InChI is InChI=1S/C21H24N2O3/c1-12(2)14-8-7-9-15(13(3)4)17(14)23-18(24)16-10-5-6-11-21(16,19(22)25)20(23)26/h5-13,16H,1-4H3,(H2,22,25). The van der Waals surface area contributed by atoms with Gasteiger partial charge in [0.2, 0.25) is 11.8 Å². The van der Waals surface area contributed by atoms with E-state index in [1.165, 1.54) is 11.0 Å². The van der Waals surface area contributed by atoms with Gasteiger partial charge < -0.3 is 5.73 Å². The third-order valence-electron chi connectivity index (χ3n) is 5.28. The number of anilines is 1. The zero-order valence-corrected chi connectivity index (χ0v) is 15.5. The Morgan fingerprint density at radius 3 is 2.12 bits per heavy atom. The maximum Gasteiger partial charge on any atom is 0.254 e. The lowest BCUT2D eigenvalue weighted by Crippen LogP contribution is -2.46. The first-order valence-corrected chi connectivity index (χ1v) is 8.90. The molecule has 3 amide bonds. The number of hydrogen-bond acceptors (Lipinski definition) is 3. The third-order valence-corrected chi connectivity index (χ3v) is 5.28. The van der Waals surface area contributed by atoms with E-state index in [9.17, 15) is 14.4 Å². The molecule has 26 heavy (non-hydrogen) atoms. The maximum atomic E-state index is 13.4. The van der Waals surface area contributed by atoms with Crippen LogP contribution >= 0.6 is 0 Å². The lowest BCUT2D eigenvalue weighted by molar-refractivity contribution is -0.136. The first-order chi connectivity index (χ1) is 12.2. The fraction of sp³-hybridized carbons (Fsp3) is 0.381. The molecule has 2 unspecified atom stereocenters. The molecular formula is C21H24N2O3. The van der Waals surface area contributed by atoms with Gasteiger partial charge in [-0.15, -0.1) is 0 Å². The Hall–Kier alpha value is -2.69. The zero-order chi connectivity index (χ0) is 19.2. The molecule has 2 aliphatic rings. The quantitative estimate of drug-likeness (QED) is 0.668. The SMILES string of the molecule is CC(C)c1cccc(C(C)C)c1N1C(=O)C2C=CC=CC2(C(N)=O)C1=O. The molecule has 0 bridgehead atoms. The van der Waals surface area contributed by atoms with Gasteiger partial charge in [0.1, 0.15) is 0 Å². The van der Waals surface area contributed by atoms with Crippen molar-refractivity contribution in [1.82, 2.24) is 0 Å². The Labute approximate surface area is 153 Å². The molecular weight excluding hydrogens is 328 g/mol. The van der Waals surface area contributed by atoms with Crippen molar-refractivity contribution in [2.75, 3.05) is 4.90 Å². The van der Waals surface area contributed by atoms with Crippen molar-refractivity contribution >= 4 is 23.4 Å². The van der Waals surface area contributed by atoms with Crippen LogP contribution < -0.4 is 10.6 Å². The second-order valence-electron chi connectivity index (χ2n) is 7.53. The van der Waals surface area contributed by atoms with E-state index >= 15 is 0 Å². The highest BCUT2D eigenvalue weighted by atomic mass is 16.2. The predicted octanol–water partition coefficient (Wildman–Crippen LogP) is 3.02. The normalized spacial score (nSPS) is 24.7. The van der Waals surface area contributed by atoms with Gasteiger partial charge in [0, 0.05) is 0 Å². The number of fused-ring (bicyclic) bond motifs is 1. The second kappa shape index (κ2) is 6.24. The largest absolute Gasteiger partial charge is 0.368 e. The minimum atomic E-state index is -1.63. The van der Waals surface area contributed by atoms with Gasteiger partial charge in [0.25, 0.3) is 5.91 Å². The predicted molar refractivity (Wildman–Crippen MR) is 101 cm³/mol. The van der Waals surface area contributed by atoms with Gasteiger partial charge >= 0.3 is 0 Å². The molecule has 0 radical (unpaired) electrons. The summed E-state index contributed by atoms with van der Waals surface area (Å²) < 4.78 is 0. The number of primary amides is 1. The maximum absolute atomic E-state index is 13.4. The van der Waals surface area contributed by atoms with Crippen molar-refractivity contribution in [1.29, 1.82) is 0 Å². The van der Waals surface area contributed by atoms with E-state index < -0.39 is 29.1 Å². The van der Waals surface area contributed by atoms with Crippen LogP contribution in [-0.2, 0) is 14.4 Å². The highest BCUT2D eigenvalue weighted by Crippen LogP contribution is 2.47. The van der Waals surface area contributed by atoms with E-state index in [2.05, 4.69) is 0 Å². The Morgan fingerprint density at radius 1 is 1.08 bits per heavy atom. The molecule has 5 heteroatoms. The van der Waals surface area contributed by atoms with Crippen LogP contribution in [0.5, 0.6) is 0 Å². The molecule has 0 spiro atoms. The molecule has 136 valence electrons. The third kappa shape index (κ3) is 2.34. The summed E-state index contributed by atoms with van der Waals surface area (Å²) in [6, 6.07) is 5.80. The zero-order valence-electron chi connectivity index (χ0n) is 15.5. The number of rotatable bonds is 4. The van der Waals surface area contributed by atoms with E-state index in [0.29, 0.717) is 5.69 Å². The summed E-state index contributed by atoms with van der Waals surface area (Å²) in [5.41, 5.74) is 6.39. The van der Waals surface area contributed by atoms with Gasteiger partial charge in [-0.2, -0.15) is 0 Å². The van der Waals surface area contributed by atoms with Crippen LogP contribution in [0.25, 0.3) is 0 Å². The van der Waals surface area contributed by atoms with Gasteiger partial charge in [-0.05, 0) is 23.0 Å². The molecule has 1 heterocycles. The second-order valence-corrected chi connectivity index (χ2v) is 7.53. The van der Waals surface area contributed by atoms with Gasteiger partial charge in [-0.1, -0.05) is 70.2 Å². The van der Waals surface area contributed by atoms with E-state index in [1.54, 1.807) is 18.2 Å². The lowest BCUT2D eigenvalue weighted by Gasteiger charge is -2.27. The summed E-state index contributed by atoms with van der Waals surface area (Å²) in [7, 11) is 0. The van der Waals surface area contributed by atoms with Gasteiger partial charge in [0.05, 0.1) is 11.6 Å². The lowest BCUT2D eigenvalue weighted by atomic mass is 9.74. The smallest absolute Gasteiger partial charge is 0.254 e.